The van der Waals surface area contributed by atoms with E-state index in [0.717, 1.165) is 6.42 Å². The van der Waals surface area contributed by atoms with Crippen molar-refractivity contribution in [2.24, 2.45) is 11.3 Å². The van der Waals surface area contributed by atoms with Gasteiger partial charge in [0.05, 0.1) is 5.92 Å². The van der Waals surface area contributed by atoms with Crippen LogP contribution < -0.4 is 0 Å². The molecule has 0 saturated carbocycles. The summed E-state index contributed by atoms with van der Waals surface area (Å²) in [5.41, 5.74) is -0.521. The average Bonchev–Trinajstić information content (AvgIpc) is 2.15. The minimum absolute atomic E-state index is 0.114. The molecule has 0 aliphatic heterocycles. The van der Waals surface area contributed by atoms with E-state index in [0.29, 0.717) is 0 Å². The van der Waals surface area contributed by atoms with E-state index in [1.54, 1.807) is 0 Å². The smallest absolute Gasteiger partial charge is 0.310 e. The molecule has 0 heterocycles. The van der Waals surface area contributed by atoms with Crippen molar-refractivity contribution in [3.63, 3.8) is 0 Å². The molecule has 0 spiro atoms. The van der Waals surface area contributed by atoms with Gasteiger partial charge in [-0.2, -0.15) is 0 Å². The SMILES string of the molecule is C[C@@H](C(=O)OC(C)(C)C)C1(C)C=CC=CC1. The molecule has 1 rings (SSSR count). The molecule has 2 atom stereocenters. The van der Waals surface area contributed by atoms with Gasteiger partial charge in [-0.25, -0.2) is 0 Å². The topological polar surface area (TPSA) is 26.3 Å². The Morgan fingerprint density at radius 1 is 1.38 bits per heavy atom. The number of hydrogen-bond donors (Lipinski definition) is 0. The zero-order valence-corrected chi connectivity index (χ0v) is 10.9. The minimum atomic E-state index is -0.407. The van der Waals surface area contributed by atoms with Gasteiger partial charge in [0, 0.05) is 5.41 Å². The van der Waals surface area contributed by atoms with Crippen LogP contribution in [0.1, 0.15) is 41.0 Å². The van der Waals surface area contributed by atoms with Gasteiger partial charge >= 0.3 is 5.97 Å². The molecule has 0 bridgehead atoms. The van der Waals surface area contributed by atoms with Crippen LogP contribution >= 0.6 is 0 Å². The average molecular weight is 222 g/mol. The largest absolute Gasteiger partial charge is 0.460 e. The summed E-state index contributed by atoms with van der Waals surface area (Å²) in [6.07, 6.45) is 9.11. The first-order valence-corrected chi connectivity index (χ1v) is 5.82. The van der Waals surface area contributed by atoms with Crippen LogP contribution in [0.25, 0.3) is 0 Å². The van der Waals surface area contributed by atoms with Crippen molar-refractivity contribution >= 4 is 5.97 Å². The second kappa shape index (κ2) is 4.44. The van der Waals surface area contributed by atoms with E-state index in [1.165, 1.54) is 0 Å². The molecule has 90 valence electrons. The van der Waals surface area contributed by atoms with E-state index in [9.17, 15) is 4.79 Å². The van der Waals surface area contributed by atoms with Crippen molar-refractivity contribution < 1.29 is 9.53 Å². The van der Waals surface area contributed by atoms with E-state index >= 15 is 0 Å². The number of esters is 1. The van der Waals surface area contributed by atoms with Crippen molar-refractivity contribution in [2.45, 2.75) is 46.6 Å². The van der Waals surface area contributed by atoms with Crippen molar-refractivity contribution in [3.05, 3.63) is 24.3 Å². The molecule has 1 unspecified atom stereocenters. The zero-order chi connectivity index (χ0) is 12.4. The molecule has 0 aromatic heterocycles. The molecule has 0 fully saturated rings. The van der Waals surface area contributed by atoms with E-state index < -0.39 is 5.60 Å². The third-order valence-electron chi connectivity index (χ3n) is 3.03. The fraction of sp³-hybridized carbons (Fsp3) is 0.643. The van der Waals surface area contributed by atoms with Gasteiger partial charge in [-0.05, 0) is 27.2 Å². The van der Waals surface area contributed by atoms with Crippen molar-refractivity contribution in [2.75, 3.05) is 0 Å². The number of allylic oxidation sites excluding steroid dienone is 4. The van der Waals surface area contributed by atoms with Gasteiger partial charge in [0.25, 0.3) is 0 Å². The lowest BCUT2D eigenvalue weighted by molar-refractivity contribution is -0.162. The molecule has 0 N–H and O–H groups in total. The Morgan fingerprint density at radius 2 is 2.00 bits per heavy atom. The lowest BCUT2D eigenvalue weighted by Gasteiger charge is -2.33. The molecule has 0 aromatic carbocycles. The van der Waals surface area contributed by atoms with E-state index in [1.807, 2.05) is 39.8 Å². The lowest BCUT2D eigenvalue weighted by Crippen LogP contribution is -2.35. The Kier molecular flexibility index (Phi) is 3.61. The molecule has 16 heavy (non-hydrogen) atoms. The van der Waals surface area contributed by atoms with Gasteiger partial charge in [0.2, 0.25) is 0 Å². The van der Waals surface area contributed by atoms with Crippen molar-refractivity contribution in [1.29, 1.82) is 0 Å². The van der Waals surface area contributed by atoms with Gasteiger partial charge in [-0.3, -0.25) is 4.79 Å². The monoisotopic (exact) mass is 222 g/mol. The summed E-state index contributed by atoms with van der Waals surface area (Å²) in [4.78, 5) is 12.0. The summed E-state index contributed by atoms with van der Waals surface area (Å²) in [7, 11) is 0. The molecular weight excluding hydrogens is 200 g/mol. The fourth-order valence-electron chi connectivity index (χ4n) is 1.72. The van der Waals surface area contributed by atoms with Crippen LogP contribution in [0.4, 0.5) is 0 Å². The number of hydrogen-bond acceptors (Lipinski definition) is 2. The van der Waals surface area contributed by atoms with Crippen LogP contribution in [0, 0.1) is 11.3 Å². The highest BCUT2D eigenvalue weighted by molar-refractivity contribution is 5.74. The molecule has 0 amide bonds. The van der Waals surface area contributed by atoms with E-state index in [-0.39, 0.29) is 17.3 Å². The van der Waals surface area contributed by atoms with Crippen molar-refractivity contribution in [1.82, 2.24) is 0 Å². The third-order valence-corrected chi connectivity index (χ3v) is 3.03. The summed E-state index contributed by atoms with van der Waals surface area (Å²) < 4.78 is 5.42. The molecule has 2 nitrogen and oxygen atoms in total. The number of ether oxygens (including phenoxy) is 1. The predicted octanol–water partition coefficient (Wildman–Crippen LogP) is 3.49. The van der Waals surface area contributed by atoms with Crippen molar-refractivity contribution in [3.8, 4) is 0 Å². The van der Waals surface area contributed by atoms with Gasteiger partial charge in [0.1, 0.15) is 5.60 Å². The van der Waals surface area contributed by atoms with E-state index in [2.05, 4.69) is 19.1 Å². The van der Waals surface area contributed by atoms with Crippen LogP contribution in [-0.4, -0.2) is 11.6 Å². The quantitative estimate of drug-likeness (QED) is 0.668. The Morgan fingerprint density at radius 3 is 2.44 bits per heavy atom. The maximum atomic E-state index is 12.0. The molecule has 1 aliphatic rings. The van der Waals surface area contributed by atoms with Gasteiger partial charge < -0.3 is 4.74 Å². The molecule has 0 radical (unpaired) electrons. The minimum Gasteiger partial charge on any atom is -0.460 e. The lowest BCUT2D eigenvalue weighted by atomic mass is 9.73. The predicted molar refractivity (Wildman–Crippen MR) is 66.0 cm³/mol. The van der Waals surface area contributed by atoms with Crippen LogP contribution in [0.2, 0.25) is 0 Å². The molecule has 1 aliphatic carbocycles. The third kappa shape index (κ3) is 3.22. The summed E-state index contributed by atoms with van der Waals surface area (Å²) in [5, 5.41) is 0. The Hall–Kier alpha value is -1.05. The molecule has 2 heteroatoms. The summed E-state index contributed by atoms with van der Waals surface area (Å²) >= 11 is 0. The van der Waals surface area contributed by atoms with Gasteiger partial charge in [-0.15, -0.1) is 0 Å². The fourth-order valence-corrected chi connectivity index (χ4v) is 1.72. The summed E-state index contributed by atoms with van der Waals surface area (Å²) in [6.45, 7) is 9.74. The zero-order valence-electron chi connectivity index (χ0n) is 10.9. The first-order valence-electron chi connectivity index (χ1n) is 5.82. The van der Waals surface area contributed by atoms with Gasteiger partial charge in [0.15, 0.2) is 0 Å². The van der Waals surface area contributed by atoms with Crippen LogP contribution in [0.3, 0.4) is 0 Å². The number of carbonyl (C=O) groups excluding carboxylic acids is 1. The summed E-state index contributed by atoms with van der Waals surface area (Å²) in [6, 6.07) is 0. The Labute approximate surface area is 98.4 Å². The standard InChI is InChI=1S/C14H22O2/c1-11(12(15)16-13(2,3)4)14(5)9-7-6-8-10-14/h6-9,11H,10H2,1-5H3/t11-,14?/m0/s1. The number of rotatable bonds is 2. The second-order valence-electron chi connectivity index (χ2n) is 5.75. The molecule has 0 aromatic rings. The van der Waals surface area contributed by atoms with E-state index in [4.69, 9.17) is 4.74 Å². The van der Waals surface area contributed by atoms with Crippen LogP contribution in [0.5, 0.6) is 0 Å². The summed E-state index contributed by atoms with van der Waals surface area (Å²) in [5.74, 6) is -0.233. The molecular formula is C14H22O2. The first kappa shape index (κ1) is 13.0. The maximum absolute atomic E-state index is 12.0. The Balaban J connectivity index is 2.70. The number of carbonyl (C=O) groups is 1. The highest BCUT2D eigenvalue weighted by Gasteiger charge is 2.35. The maximum Gasteiger partial charge on any atom is 0.310 e. The van der Waals surface area contributed by atoms with Gasteiger partial charge in [-0.1, -0.05) is 38.2 Å². The normalized spacial score (nSPS) is 26.6. The highest BCUT2D eigenvalue weighted by atomic mass is 16.6. The van der Waals surface area contributed by atoms with Crippen LogP contribution in [0.15, 0.2) is 24.3 Å². The second-order valence-corrected chi connectivity index (χ2v) is 5.75. The highest BCUT2D eigenvalue weighted by Crippen LogP contribution is 2.36. The first-order chi connectivity index (χ1) is 7.25. The van der Waals surface area contributed by atoms with Crippen LogP contribution in [-0.2, 0) is 9.53 Å². The Bertz CT molecular complexity index is 320. The molecule has 0 saturated heterocycles.